The maximum absolute atomic E-state index is 13.5. The minimum absolute atomic E-state index is 0.204. The molecule has 2 rings (SSSR count). The number of nitrogens with two attached hydrogens (primary N) is 1. The molecule has 0 amide bonds. The summed E-state index contributed by atoms with van der Waals surface area (Å²) in [5.41, 5.74) is 6.86. The molecule has 0 saturated carbocycles. The SMILES string of the molecule is CC(N)C(Oc1ccccc1F)c1ccsc1. The Hall–Kier alpha value is -1.39. The van der Waals surface area contributed by atoms with E-state index < -0.39 is 0 Å². The number of hydrogen-bond donors (Lipinski definition) is 1. The molecule has 0 saturated heterocycles. The third-order valence-corrected chi connectivity index (χ3v) is 3.14. The van der Waals surface area contributed by atoms with Crippen LogP contribution >= 0.6 is 11.3 Å². The first-order valence-electron chi connectivity index (χ1n) is 5.37. The maximum Gasteiger partial charge on any atom is 0.165 e. The van der Waals surface area contributed by atoms with Gasteiger partial charge in [0.1, 0.15) is 6.10 Å². The fourth-order valence-electron chi connectivity index (χ4n) is 1.59. The summed E-state index contributed by atoms with van der Waals surface area (Å²) in [6.07, 6.45) is -0.321. The monoisotopic (exact) mass is 251 g/mol. The number of benzene rings is 1. The highest BCUT2D eigenvalue weighted by Crippen LogP contribution is 2.27. The minimum atomic E-state index is -0.367. The second-order valence-corrected chi connectivity index (χ2v) is 4.66. The average Bonchev–Trinajstić information content (AvgIpc) is 2.81. The molecular weight excluding hydrogens is 237 g/mol. The molecule has 1 heterocycles. The predicted molar refractivity (Wildman–Crippen MR) is 67.7 cm³/mol. The van der Waals surface area contributed by atoms with Gasteiger partial charge in [0.2, 0.25) is 0 Å². The molecular formula is C13H14FNOS. The van der Waals surface area contributed by atoms with E-state index in [1.807, 2.05) is 23.8 Å². The van der Waals surface area contributed by atoms with Gasteiger partial charge in [0.25, 0.3) is 0 Å². The molecule has 0 aliphatic heterocycles. The predicted octanol–water partition coefficient (Wildman–Crippen LogP) is 3.35. The zero-order valence-corrected chi connectivity index (χ0v) is 10.3. The van der Waals surface area contributed by atoms with Gasteiger partial charge in [-0.25, -0.2) is 4.39 Å². The van der Waals surface area contributed by atoms with Gasteiger partial charge < -0.3 is 10.5 Å². The highest BCUT2D eigenvalue weighted by atomic mass is 32.1. The number of hydrogen-bond acceptors (Lipinski definition) is 3. The van der Waals surface area contributed by atoms with E-state index in [0.29, 0.717) is 0 Å². The topological polar surface area (TPSA) is 35.2 Å². The lowest BCUT2D eigenvalue weighted by Gasteiger charge is -2.22. The van der Waals surface area contributed by atoms with Crippen LogP contribution in [0.25, 0.3) is 0 Å². The first-order valence-corrected chi connectivity index (χ1v) is 6.31. The minimum Gasteiger partial charge on any atom is -0.481 e. The fourth-order valence-corrected chi connectivity index (χ4v) is 2.28. The Morgan fingerprint density at radius 3 is 2.65 bits per heavy atom. The Kier molecular flexibility index (Phi) is 3.76. The molecule has 0 aliphatic rings. The lowest BCUT2D eigenvalue weighted by Crippen LogP contribution is -2.28. The average molecular weight is 251 g/mol. The molecule has 1 aromatic carbocycles. The normalized spacial score (nSPS) is 14.3. The van der Waals surface area contributed by atoms with Crippen LogP contribution in [-0.4, -0.2) is 6.04 Å². The number of thiophene rings is 1. The van der Waals surface area contributed by atoms with Crippen molar-refractivity contribution in [2.24, 2.45) is 5.73 Å². The third kappa shape index (κ3) is 2.84. The molecule has 2 nitrogen and oxygen atoms in total. The van der Waals surface area contributed by atoms with E-state index in [9.17, 15) is 4.39 Å². The van der Waals surface area contributed by atoms with E-state index in [1.165, 1.54) is 6.07 Å². The van der Waals surface area contributed by atoms with Crippen LogP contribution in [0.15, 0.2) is 41.1 Å². The highest BCUT2D eigenvalue weighted by molar-refractivity contribution is 7.07. The molecule has 2 N–H and O–H groups in total. The van der Waals surface area contributed by atoms with Crippen molar-refractivity contribution in [1.82, 2.24) is 0 Å². The van der Waals surface area contributed by atoms with Gasteiger partial charge in [-0.3, -0.25) is 0 Å². The first kappa shape index (κ1) is 12.1. The van der Waals surface area contributed by atoms with Crippen molar-refractivity contribution in [2.45, 2.75) is 19.1 Å². The van der Waals surface area contributed by atoms with Gasteiger partial charge in [-0.2, -0.15) is 11.3 Å². The van der Waals surface area contributed by atoms with Crippen molar-refractivity contribution >= 4 is 11.3 Å². The summed E-state index contributed by atoms with van der Waals surface area (Å²) in [5.74, 6) is -0.130. The maximum atomic E-state index is 13.5. The molecule has 0 spiro atoms. The van der Waals surface area contributed by atoms with Crippen molar-refractivity contribution in [3.05, 3.63) is 52.5 Å². The van der Waals surface area contributed by atoms with E-state index in [0.717, 1.165) is 5.56 Å². The van der Waals surface area contributed by atoms with Gasteiger partial charge in [-0.1, -0.05) is 12.1 Å². The summed E-state index contributed by atoms with van der Waals surface area (Å²) in [6.45, 7) is 1.85. The van der Waals surface area contributed by atoms with Gasteiger partial charge in [-0.15, -0.1) is 0 Å². The van der Waals surface area contributed by atoms with Crippen LogP contribution < -0.4 is 10.5 Å². The third-order valence-electron chi connectivity index (χ3n) is 2.44. The van der Waals surface area contributed by atoms with Crippen molar-refractivity contribution in [3.8, 4) is 5.75 Å². The van der Waals surface area contributed by atoms with Crippen molar-refractivity contribution in [2.75, 3.05) is 0 Å². The molecule has 2 atom stereocenters. The number of halogens is 1. The number of rotatable bonds is 4. The quantitative estimate of drug-likeness (QED) is 0.904. The molecule has 2 aromatic rings. The van der Waals surface area contributed by atoms with Gasteiger partial charge in [0.15, 0.2) is 11.6 Å². The largest absolute Gasteiger partial charge is 0.481 e. The zero-order valence-electron chi connectivity index (χ0n) is 9.47. The van der Waals surface area contributed by atoms with E-state index in [4.69, 9.17) is 10.5 Å². The number of para-hydroxylation sites is 1. The van der Waals surface area contributed by atoms with Crippen LogP contribution in [0.1, 0.15) is 18.6 Å². The smallest absolute Gasteiger partial charge is 0.165 e. The lowest BCUT2D eigenvalue weighted by molar-refractivity contribution is 0.173. The summed E-state index contributed by atoms with van der Waals surface area (Å²) in [4.78, 5) is 0. The van der Waals surface area contributed by atoms with Gasteiger partial charge in [-0.05, 0) is 35.9 Å². The zero-order chi connectivity index (χ0) is 12.3. The summed E-state index contributed by atoms with van der Waals surface area (Å²) in [5, 5.41) is 3.92. The van der Waals surface area contributed by atoms with Crippen LogP contribution in [0.3, 0.4) is 0 Å². The Bertz CT molecular complexity index is 470. The van der Waals surface area contributed by atoms with Gasteiger partial charge >= 0.3 is 0 Å². The van der Waals surface area contributed by atoms with Crippen LogP contribution in [-0.2, 0) is 0 Å². The Morgan fingerprint density at radius 2 is 2.06 bits per heavy atom. The van der Waals surface area contributed by atoms with Gasteiger partial charge in [0.05, 0.1) is 0 Å². The van der Waals surface area contributed by atoms with Crippen LogP contribution in [0, 0.1) is 5.82 Å². The van der Waals surface area contributed by atoms with E-state index in [2.05, 4.69) is 0 Å². The summed E-state index contributed by atoms with van der Waals surface area (Å²) in [6, 6.07) is 8.10. The molecule has 90 valence electrons. The van der Waals surface area contributed by atoms with E-state index >= 15 is 0 Å². The summed E-state index contributed by atoms with van der Waals surface area (Å²) < 4.78 is 19.1. The molecule has 0 bridgehead atoms. The van der Waals surface area contributed by atoms with Gasteiger partial charge in [0, 0.05) is 11.6 Å². The van der Waals surface area contributed by atoms with Crippen LogP contribution in [0.5, 0.6) is 5.75 Å². The van der Waals surface area contributed by atoms with E-state index in [-0.39, 0.29) is 23.7 Å². The van der Waals surface area contributed by atoms with Crippen molar-refractivity contribution in [3.63, 3.8) is 0 Å². The van der Waals surface area contributed by atoms with Crippen molar-refractivity contribution in [1.29, 1.82) is 0 Å². The molecule has 17 heavy (non-hydrogen) atoms. The molecule has 4 heteroatoms. The number of ether oxygens (including phenoxy) is 1. The molecule has 2 unspecified atom stereocenters. The standard InChI is InChI=1S/C13H14FNOS/c1-9(15)13(10-6-7-17-8-10)16-12-5-3-2-4-11(12)14/h2-9,13H,15H2,1H3. The molecule has 0 aliphatic carbocycles. The first-order chi connectivity index (χ1) is 8.18. The second-order valence-electron chi connectivity index (χ2n) is 3.88. The summed E-state index contributed by atoms with van der Waals surface area (Å²) >= 11 is 1.57. The van der Waals surface area contributed by atoms with Crippen LogP contribution in [0.2, 0.25) is 0 Å². The lowest BCUT2D eigenvalue weighted by atomic mass is 10.1. The molecule has 0 radical (unpaired) electrons. The Morgan fingerprint density at radius 1 is 1.29 bits per heavy atom. The second kappa shape index (κ2) is 5.29. The molecule has 0 fully saturated rings. The van der Waals surface area contributed by atoms with Crippen LogP contribution in [0.4, 0.5) is 4.39 Å². The summed E-state index contributed by atoms with van der Waals surface area (Å²) in [7, 11) is 0. The molecule has 1 aromatic heterocycles. The van der Waals surface area contributed by atoms with Crippen molar-refractivity contribution < 1.29 is 9.13 Å². The Balaban J connectivity index is 2.23. The fraction of sp³-hybridized carbons (Fsp3) is 0.231. The van der Waals surface area contributed by atoms with E-state index in [1.54, 1.807) is 29.5 Å². The Labute approximate surface area is 104 Å². The highest BCUT2D eigenvalue weighted by Gasteiger charge is 2.19.